The van der Waals surface area contributed by atoms with Gasteiger partial charge in [0, 0.05) is 17.8 Å². The third-order valence-corrected chi connectivity index (χ3v) is 6.29. The lowest BCUT2D eigenvalue weighted by Gasteiger charge is -2.33. The number of hydrogen-bond acceptors (Lipinski definition) is 6. The van der Waals surface area contributed by atoms with Crippen molar-refractivity contribution in [2.24, 2.45) is 0 Å². The summed E-state index contributed by atoms with van der Waals surface area (Å²) in [7, 11) is 3.10. The van der Waals surface area contributed by atoms with Crippen LogP contribution in [0.4, 0.5) is 0 Å². The highest BCUT2D eigenvalue weighted by Crippen LogP contribution is 2.35. The molecule has 1 saturated carbocycles. The van der Waals surface area contributed by atoms with Crippen LogP contribution < -0.4 is 14.8 Å². The van der Waals surface area contributed by atoms with Gasteiger partial charge in [0.2, 0.25) is 5.91 Å². The molecule has 1 aliphatic carbocycles. The molecule has 2 aromatic heterocycles. The molecule has 0 radical (unpaired) electrons. The summed E-state index contributed by atoms with van der Waals surface area (Å²) in [5, 5.41) is 3.19. The van der Waals surface area contributed by atoms with Crippen LogP contribution in [0.25, 0.3) is 0 Å². The Kier molecular flexibility index (Phi) is 8.03. The third kappa shape index (κ3) is 5.82. The number of amides is 2. The van der Waals surface area contributed by atoms with E-state index in [1.54, 1.807) is 75.2 Å². The van der Waals surface area contributed by atoms with Gasteiger partial charge < -0.3 is 24.1 Å². The fraction of sp³-hybridized carbons (Fsp3) is 0.370. The summed E-state index contributed by atoms with van der Waals surface area (Å²) in [6.45, 7) is 0.0749. The number of nitrogens with one attached hydrogen (secondary N) is 1. The number of benzene rings is 1. The maximum absolute atomic E-state index is 13.9. The van der Waals surface area contributed by atoms with E-state index >= 15 is 0 Å². The number of ether oxygens (including phenoxy) is 2. The Balaban J connectivity index is 1.80. The SMILES string of the molecule is COc1ccc(OC)c([C@H](C(=O)NC2CCCCC2)N(Cc2ccco2)C(=O)c2ccccn2)c1. The molecule has 0 aliphatic heterocycles. The highest BCUT2D eigenvalue weighted by Gasteiger charge is 2.36. The van der Waals surface area contributed by atoms with Gasteiger partial charge in [-0.2, -0.15) is 0 Å². The van der Waals surface area contributed by atoms with Crippen molar-refractivity contribution >= 4 is 11.8 Å². The number of nitrogens with zero attached hydrogens (tertiary/aromatic N) is 2. The zero-order chi connectivity index (χ0) is 24.6. The predicted molar refractivity (Wildman–Crippen MR) is 130 cm³/mol. The molecule has 1 N–H and O–H groups in total. The number of hydrogen-bond donors (Lipinski definition) is 1. The molecule has 2 heterocycles. The summed E-state index contributed by atoms with van der Waals surface area (Å²) < 4.78 is 16.6. The topological polar surface area (TPSA) is 93.9 Å². The van der Waals surface area contributed by atoms with Crippen LogP contribution >= 0.6 is 0 Å². The smallest absolute Gasteiger partial charge is 0.273 e. The molecule has 35 heavy (non-hydrogen) atoms. The Morgan fingerprint density at radius 2 is 1.91 bits per heavy atom. The minimum Gasteiger partial charge on any atom is -0.497 e. The van der Waals surface area contributed by atoms with Gasteiger partial charge in [0.15, 0.2) is 0 Å². The van der Waals surface area contributed by atoms with E-state index in [4.69, 9.17) is 13.9 Å². The zero-order valence-corrected chi connectivity index (χ0v) is 20.1. The molecule has 2 amide bonds. The molecule has 8 nitrogen and oxygen atoms in total. The van der Waals surface area contributed by atoms with Crippen molar-refractivity contribution in [3.8, 4) is 11.5 Å². The lowest BCUT2D eigenvalue weighted by Crippen LogP contribution is -2.47. The molecule has 0 unspecified atom stereocenters. The molecule has 1 aliphatic rings. The van der Waals surface area contributed by atoms with Gasteiger partial charge >= 0.3 is 0 Å². The highest BCUT2D eigenvalue weighted by atomic mass is 16.5. The summed E-state index contributed by atoms with van der Waals surface area (Å²) in [4.78, 5) is 33.5. The van der Waals surface area contributed by atoms with Crippen LogP contribution in [0.2, 0.25) is 0 Å². The van der Waals surface area contributed by atoms with Crippen LogP contribution in [0, 0.1) is 0 Å². The van der Waals surface area contributed by atoms with Crippen molar-refractivity contribution in [2.75, 3.05) is 14.2 Å². The number of carbonyl (C=O) groups excluding carboxylic acids is 2. The second kappa shape index (κ2) is 11.6. The second-order valence-electron chi connectivity index (χ2n) is 8.58. The largest absolute Gasteiger partial charge is 0.497 e. The van der Waals surface area contributed by atoms with Gasteiger partial charge in [-0.05, 0) is 55.3 Å². The lowest BCUT2D eigenvalue weighted by atomic mass is 9.94. The first-order chi connectivity index (χ1) is 17.1. The zero-order valence-electron chi connectivity index (χ0n) is 20.1. The lowest BCUT2D eigenvalue weighted by molar-refractivity contribution is -0.127. The van der Waals surface area contributed by atoms with Crippen molar-refractivity contribution in [3.05, 3.63) is 78.0 Å². The molecule has 8 heteroatoms. The Labute approximate surface area is 205 Å². The summed E-state index contributed by atoms with van der Waals surface area (Å²) in [6, 6.07) is 13.0. The van der Waals surface area contributed by atoms with Crippen molar-refractivity contribution < 1.29 is 23.5 Å². The average Bonchev–Trinajstić information content (AvgIpc) is 3.42. The Morgan fingerprint density at radius 1 is 1.09 bits per heavy atom. The third-order valence-electron chi connectivity index (χ3n) is 6.29. The van der Waals surface area contributed by atoms with Crippen molar-refractivity contribution in [3.63, 3.8) is 0 Å². The molecule has 1 atom stereocenters. The molecule has 1 aromatic carbocycles. The second-order valence-corrected chi connectivity index (χ2v) is 8.58. The molecular formula is C27H31N3O5. The van der Waals surface area contributed by atoms with E-state index in [0.717, 1.165) is 25.7 Å². The number of pyridine rings is 1. The van der Waals surface area contributed by atoms with E-state index < -0.39 is 11.9 Å². The summed E-state index contributed by atoms with van der Waals surface area (Å²) >= 11 is 0. The first kappa shape index (κ1) is 24.3. The van der Waals surface area contributed by atoms with Gasteiger partial charge in [-0.1, -0.05) is 25.3 Å². The van der Waals surface area contributed by atoms with Gasteiger partial charge in [-0.15, -0.1) is 0 Å². The van der Waals surface area contributed by atoms with Gasteiger partial charge in [0.25, 0.3) is 5.91 Å². The number of aromatic nitrogens is 1. The average molecular weight is 478 g/mol. The quantitative estimate of drug-likeness (QED) is 0.487. The normalized spacial score (nSPS) is 14.7. The van der Waals surface area contributed by atoms with Crippen molar-refractivity contribution in [1.29, 1.82) is 0 Å². The van der Waals surface area contributed by atoms with Crippen LogP contribution in [0.5, 0.6) is 11.5 Å². The van der Waals surface area contributed by atoms with Crippen LogP contribution in [-0.2, 0) is 11.3 Å². The van der Waals surface area contributed by atoms with Crippen molar-refractivity contribution in [1.82, 2.24) is 15.2 Å². The summed E-state index contributed by atoms with van der Waals surface area (Å²) in [5.41, 5.74) is 0.757. The molecular weight excluding hydrogens is 446 g/mol. The first-order valence-electron chi connectivity index (χ1n) is 11.9. The highest BCUT2D eigenvalue weighted by molar-refractivity contribution is 5.97. The van der Waals surface area contributed by atoms with Crippen LogP contribution in [0.15, 0.2) is 65.4 Å². The summed E-state index contributed by atoms with van der Waals surface area (Å²) in [6.07, 6.45) is 8.24. The Hall–Kier alpha value is -3.81. The summed E-state index contributed by atoms with van der Waals surface area (Å²) in [5.74, 6) is 0.911. The molecule has 0 saturated heterocycles. The minimum absolute atomic E-state index is 0.0609. The predicted octanol–water partition coefficient (Wildman–Crippen LogP) is 4.52. The van der Waals surface area contributed by atoms with Crippen LogP contribution in [-0.4, -0.2) is 42.0 Å². The van der Waals surface area contributed by atoms with E-state index in [0.29, 0.717) is 22.8 Å². The minimum atomic E-state index is -0.999. The Bertz CT molecular complexity index is 1110. The molecule has 3 aromatic rings. The van der Waals surface area contributed by atoms with Gasteiger partial charge in [0.05, 0.1) is 27.0 Å². The van der Waals surface area contributed by atoms with E-state index in [9.17, 15) is 9.59 Å². The van der Waals surface area contributed by atoms with Gasteiger partial charge in [0.1, 0.15) is 29.0 Å². The fourth-order valence-corrected chi connectivity index (χ4v) is 4.52. The van der Waals surface area contributed by atoms with Crippen molar-refractivity contribution in [2.45, 2.75) is 50.7 Å². The molecule has 0 spiro atoms. The van der Waals surface area contributed by atoms with Gasteiger partial charge in [-0.3, -0.25) is 14.6 Å². The molecule has 1 fully saturated rings. The van der Waals surface area contributed by atoms with E-state index in [1.807, 2.05) is 0 Å². The number of carbonyl (C=O) groups is 2. The van der Waals surface area contributed by atoms with E-state index in [-0.39, 0.29) is 24.2 Å². The van der Waals surface area contributed by atoms with E-state index in [2.05, 4.69) is 10.3 Å². The van der Waals surface area contributed by atoms with Gasteiger partial charge in [-0.25, -0.2) is 0 Å². The van der Waals surface area contributed by atoms with E-state index in [1.165, 1.54) is 11.3 Å². The molecule has 184 valence electrons. The standard InChI is InChI=1S/C27H31N3O5/c1-33-20-13-14-24(34-2)22(17-20)25(26(31)29-19-9-4-3-5-10-19)30(18-21-11-8-16-35-21)27(32)23-12-6-7-15-28-23/h6-8,11-17,19,25H,3-5,9-10,18H2,1-2H3,(H,29,31)/t25-/m1/s1. The maximum atomic E-state index is 13.9. The number of rotatable bonds is 9. The van der Waals surface area contributed by atoms with Crippen LogP contribution in [0.1, 0.15) is 60.0 Å². The van der Waals surface area contributed by atoms with Crippen LogP contribution in [0.3, 0.4) is 0 Å². The Morgan fingerprint density at radius 3 is 2.57 bits per heavy atom. The first-order valence-corrected chi connectivity index (χ1v) is 11.9. The monoisotopic (exact) mass is 477 g/mol. The molecule has 4 rings (SSSR count). The molecule has 0 bridgehead atoms. The fourth-order valence-electron chi connectivity index (χ4n) is 4.52. The number of methoxy groups -OCH3 is 2. The maximum Gasteiger partial charge on any atom is 0.273 e. The number of furan rings is 1.